The van der Waals surface area contributed by atoms with E-state index in [1.54, 1.807) is 24.3 Å². The number of halogens is 1. The van der Waals surface area contributed by atoms with Gasteiger partial charge in [-0.05, 0) is 29.8 Å². The fourth-order valence-electron chi connectivity index (χ4n) is 2.32. The molecule has 0 aromatic heterocycles. The van der Waals surface area contributed by atoms with Crippen LogP contribution in [0.5, 0.6) is 5.75 Å². The molecule has 2 aromatic carbocycles. The standard InChI is InChI=1S/C16H13ClO5S/c1-21-14-8-5-9-16-13(14)10-11-15(12-6-3-2-4-7-12)23(16)22-17(18,19)20/h2-11H,1H3. The average Bonchev–Trinajstić information content (AvgIpc) is 2.54. The first-order valence-corrected chi connectivity index (χ1v) is 9.00. The van der Waals surface area contributed by atoms with Gasteiger partial charge in [0.25, 0.3) is 0 Å². The zero-order valence-corrected chi connectivity index (χ0v) is 13.7. The third-order valence-corrected chi connectivity index (χ3v) is 5.89. The van der Waals surface area contributed by atoms with Gasteiger partial charge in [-0.1, -0.05) is 36.4 Å². The first kappa shape index (κ1) is 16.2. The summed E-state index contributed by atoms with van der Waals surface area (Å²) in [5.41, 5.74) is 1.50. The monoisotopic (exact) mass is 352 g/mol. The average molecular weight is 353 g/mol. The van der Waals surface area contributed by atoms with Gasteiger partial charge in [-0.2, -0.15) is 14.0 Å². The van der Waals surface area contributed by atoms with Gasteiger partial charge in [0.1, 0.15) is 20.3 Å². The second kappa shape index (κ2) is 6.45. The summed E-state index contributed by atoms with van der Waals surface area (Å²) in [4.78, 5) is 1.22. The Hall–Kier alpha value is -1.67. The molecule has 3 rings (SSSR count). The summed E-state index contributed by atoms with van der Waals surface area (Å²) in [6.45, 7) is 0. The SMILES string of the molecule is COc1cccc2c1C=CC(c1ccccc1)=S2O[Cl+3]([O-])([O-])[O-]. The molecule has 2 aromatic rings. The predicted molar refractivity (Wildman–Crippen MR) is 79.5 cm³/mol. The zero-order valence-electron chi connectivity index (χ0n) is 12.1. The topological polar surface area (TPSA) is 87.6 Å². The Morgan fingerprint density at radius 1 is 0.913 bits per heavy atom. The van der Waals surface area contributed by atoms with Gasteiger partial charge in [-0.15, -0.1) is 0 Å². The quantitative estimate of drug-likeness (QED) is 0.743. The molecule has 0 N–H and O–H groups in total. The molecule has 1 atom stereocenters. The Bertz CT molecular complexity index is 781. The maximum absolute atomic E-state index is 11.2. The predicted octanol–water partition coefficient (Wildman–Crippen LogP) is 0.399. The minimum absolute atomic E-state index is 0.590. The molecule has 0 saturated carbocycles. The molecule has 23 heavy (non-hydrogen) atoms. The van der Waals surface area contributed by atoms with Crippen molar-refractivity contribution in [1.29, 1.82) is 0 Å². The van der Waals surface area contributed by atoms with Crippen LogP contribution in [0, 0.1) is 10.2 Å². The highest BCUT2D eigenvalue weighted by molar-refractivity contribution is 8.12. The van der Waals surface area contributed by atoms with Crippen LogP contribution in [0.25, 0.3) is 6.08 Å². The Labute approximate surface area is 138 Å². The normalized spacial score (nSPS) is 17.0. The van der Waals surface area contributed by atoms with Gasteiger partial charge in [0.15, 0.2) is 0 Å². The van der Waals surface area contributed by atoms with Crippen LogP contribution < -0.4 is 18.7 Å². The maximum Gasteiger partial charge on any atom is 0.148 e. The lowest BCUT2D eigenvalue weighted by atomic mass is 10.1. The van der Waals surface area contributed by atoms with Crippen molar-refractivity contribution in [3.8, 4) is 5.75 Å². The summed E-state index contributed by atoms with van der Waals surface area (Å²) in [5, 5.41) is 0. The maximum atomic E-state index is 11.2. The van der Waals surface area contributed by atoms with E-state index in [2.05, 4.69) is 0 Å². The Morgan fingerprint density at radius 2 is 1.65 bits per heavy atom. The highest BCUT2D eigenvalue weighted by Gasteiger charge is 2.30. The lowest BCUT2D eigenvalue weighted by Gasteiger charge is -2.20. The van der Waals surface area contributed by atoms with Crippen LogP contribution in [0.2, 0.25) is 0 Å². The van der Waals surface area contributed by atoms with Gasteiger partial charge < -0.3 is 4.74 Å². The van der Waals surface area contributed by atoms with E-state index in [4.69, 9.17) is 8.47 Å². The van der Waals surface area contributed by atoms with Gasteiger partial charge in [-0.25, -0.2) is 0 Å². The fraction of sp³-hybridized carbons (Fsp3) is 0.0625. The van der Waals surface area contributed by atoms with E-state index in [9.17, 15) is 14.0 Å². The van der Waals surface area contributed by atoms with Gasteiger partial charge in [0.05, 0.1) is 27.1 Å². The highest BCUT2D eigenvalue weighted by atomic mass is 35.7. The summed E-state index contributed by atoms with van der Waals surface area (Å²) in [6.07, 6.45) is 3.58. The number of fused-ring (bicyclic) bond motifs is 1. The molecular weight excluding hydrogens is 340 g/mol. The van der Waals surface area contributed by atoms with Crippen molar-refractivity contribution in [2.45, 2.75) is 4.90 Å². The van der Waals surface area contributed by atoms with Crippen LogP contribution in [-0.2, 0) is 3.74 Å². The number of rotatable bonds is 4. The smallest absolute Gasteiger partial charge is 0.148 e. The summed E-state index contributed by atoms with van der Waals surface area (Å²) >= 11 is 0. The molecule has 0 fully saturated rings. The molecule has 1 aliphatic rings. The summed E-state index contributed by atoms with van der Waals surface area (Å²) in [6, 6.07) is 14.4. The minimum Gasteiger partial charge on any atom is -0.496 e. The van der Waals surface area contributed by atoms with E-state index in [0.717, 1.165) is 5.56 Å². The van der Waals surface area contributed by atoms with E-state index in [-0.39, 0.29) is 0 Å². The minimum atomic E-state index is -4.57. The molecular formula is C16H13ClO5S. The molecule has 0 radical (unpaired) electrons. The number of hydrogen-bond acceptors (Lipinski definition) is 5. The number of ether oxygens (including phenoxy) is 1. The van der Waals surface area contributed by atoms with E-state index < -0.39 is 21.0 Å². The van der Waals surface area contributed by atoms with Crippen molar-refractivity contribution in [3.05, 3.63) is 65.7 Å². The third-order valence-electron chi connectivity index (χ3n) is 3.25. The second-order valence-corrected chi connectivity index (χ2v) is 7.32. The molecule has 1 unspecified atom stereocenters. The Balaban J connectivity index is 2.22. The van der Waals surface area contributed by atoms with Crippen LogP contribution in [-0.4, -0.2) is 12.0 Å². The largest absolute Gasteiger partial charge is 0.496 e. The number of hydrogen-bond donors (Lipinski definition) is 0. The summed E-state index contributed by atoms with van der Waals surface area (Å²) in [7, 11) is -4.39. The first-order valence-electron chi connectivity index (χ1n) is 6.62. The second-order valence-electron chi connectivity index (χ2n) is 4.65. The molecule has 0 amide bonds. The lowest BCUT2D eigenvalue weighted by Crippen LogP contribution is -2.60. The Morgan fingerprint density at radius 3 is 2.30 bits per heavy atom. The molecule has 5 nitrogen and oxygen atoms in total. The highest BCUT2D eigenvalue weighted by Crippen LogP contribution is 2.43. The van der Waals surface area contributed by atoms with Crippen molar-refractivity contribution < 1.29 is 32.7 Å². The third kappa shape index (κ3) is 3.48. The number of allylic oxidation sites excluding steroid dienone is 1. The Kier molecular flexibility index (Phi) is 4.54. The van der Waals surface area contributed by atoms with E-state index in [1.807, 2.05) is 36.4 Å². The van der Waals surface area contributed by atoms with Crippen LogP contribution in [0.4, 0.5) is 0 Å². The molecule has 7 heteroatoms. The van der Waals surface area contributed by atoms with Crippen molar-refractivity contribution in [2.75, 3.05) is 7.11 Å². The van der Waals surface area contributed by atoms with E-state index >= 15 is 0 Å². The zero-order chi connectivity index (χ0) is 16.4. The van der Waals surface area contributed by atoms with E-state index in [0.29, 0.717) is 21.1 Å². The van der Waals surface area contributed by atoms with Gasteiger partial charge in [-0.3, -0.25) is 0 Å². The molecule has 1 heterocycles. The molecule has 0 saturated heterocycles. The van der Waals surface area contributed by atoms with Crippen molar-refractivity contribution in [3.63, 3.8) is 0 Å². The van der Waals surface area contributed by atoms with Gasteiger partial charge >= 0.3 is 0 Å². The van der Waals surface area contributed by atoms with Crippen molar-refractivity contribution in [1.82, 2.24) is 0 Å². The van der Waals surface area contributed by atoms with Crippen LogP contribution in [0.3, 0.4) is 0 Å². The van der Waals surface area contributed by atoms with Crippen molar-refractivity contribution in [2.24, 2.45) is 0 Å². The van der Waals surface area contributed by atoms with Crippen LogP contribution in [0.1, 0.15) is 11.1 Å². The first-order chi connectivity index (χ1) is 11.0. The summed E-state index contributed by atoms with van der Waals surface area (Å²) in [5.74, 6) is 0.590. The van der Waals surface area contributed by atoms with Gasteiger partial charge in [0.2, 0.25) is 0 Å². The molecule has 0 spiro atoms. The molecule has 120 valence electrons. The number of methoxy groups -OCH3 is 1. The van der Waals surface area contributed by atoms with Crippen LogP contribution in [0.15, 0.2) is 59.5 Å². The molecule has 0 bridgehead atoms. The number of benzene rings is 2. The van der Waals surface area contributed by atoms with Crippen molar-refractivity contribution >= 4 is 21.7 Å². The lowest BCUT2D eigenvalue weighted by molar-refractivity contribution is -1.91. The van der Waals surface area contributed by atoms with E-state index in [1.165, 1.54) is 7.11 Å². The molecule has 0 aliphatic carbocycles. The molecule has 1 aliphatic heterocycles. The fourth-order valence-corrected chi connectivity index (χ4v) is 4.83. The summed E-state index contributed by atoms with van der Waals surface area (Å²) < 4.78 is 43.7. The van der Waals surface area contributed by atoms with Crippen LogP contribution >= 0.6 is 10.8 Å². The van der Waals surface area contributed by atoms with Gasteiger partial charge in [0, 0.05) is 5.56 Å².